The predicted molar refractivity (Wildman–Crippen MR) is 98.7 cm³/mol. The molecule has 0 saturated carbocycles. The van der Waals surface area contributed by atoms with Gasteiger partial charge in [0.05, 0.1) is 0 Å². The van der Waals surface area contributed by atoms with Gasteiger partial charge in [-0.25, -0.2) is 9.37 Å². The van der Waals surface area contributed by atoms with Gasteiger partial charge in [-0.1, -0.05) is 0 Å². The van der Waals surface area contributed by atoms with E-state index in [2.05, 4.69) is 20.9 Å². The maximum Gasteiger partial charge on any atom is 0.295 e. The molecule has 0 fully saturated rings. The number of benzene rings is 1. The highest BCUT2D eigenvalue weighted by Gasteiger charge is 2.20. The van der Waals surface area contributed by atoms with E-state index >= 15 is 0 Å². The molecule has 5 nitrogen and oxygen atoms in total. The fourth-order valence-corrected chi connectivity index (χ4v) is 2.56. The van der Waals surface area contributed by atoms with Gasteiger partial charge in [-0.3, -0.25) is 9.69 Å². The monoisotopic (exact) mass is 418 g/mol. The number of hydrogen-bond donors (Lipinski definition) is 0. The molecule has 0 saturated heterocycles. The van der Waals surface area contributed by atoms with Gasteiger partial charge in [0.2, 0.25) is 0 Å². The van der Waals surface area contributed by atoms with E-state index in [1.807, 2.05) is 13.0 Å². The summed E-state index contributed by atoms with van der Waals surface area (Å²) in [6.07, 6.45) is 1.63. The van der Waals surface area contributed by atoms with Gasteiger partial charge in [0.1, 0.15) is 29.8 Å². The number of nitrogens with zero attached hydrogens (tertiary/aromatic N) is 2. The Balaban J connectivity index is 1.68. The Morgan fingerprint density at radius 3 is 2.62 bits per heavy atom. The van der Waals surface area contributed by atoms with Gasteiger partial charge >= 0.3 is 0 Å². The number of halogens is 2. The van der Waals surface area contributed by atoms with Gasteiger partial charge in [-0.15, -0.1) is 0 Å². The Labute approximate surface area is 158 Å². The van der Waals surface area contributed by atoms with Crippen molar-refractivity contribution in [2.24, 2.45) is 0 Å². The minimum atomic E-state index is -0.329. The summed E-state index contributed by atoms with van der Waals surface area (Å²) < 4.78 is 24.8. The number of aromatic nitrogens is 1. The first-order chi connectivity index (χ1) is 12.6. The molecule has 7 heteroatoms. The Hall–Kier alpha value is -2.67. The molecule has 0 N–H and O–H groups in total. The second-order valence-corrected chi connectivity index (χ2v) is 6.31. The molecular formula is C19H16BrFN2O3. The Morgan fingerprint density at radius 2 is 1.96 bits per heavy atom. The summed E-state index contributed by atoms with van der Waals surface area (Å²) in [6.45, 7) is 2.46. The highest BCUT2D eigenvalue weighted by molar-refractivity contribution is 9.10. The van der Waals surface area contributed by atoms with Crippen molar-refractivity contribution in [3.8, 4) is 5.75 Å². The first-order valence-corrected chi connectivity index (χ1v) is 8.76. The van der Waals surface area contributed by atoms with Crippen molar-refractivity contribution in [2.45, 2.75) is 13.5 Å². The van der Waals surface area contributed by atoms with Gasteiger partial charge < -0.3 is 9.15 Å². The average molecular weight is 419 g/mol. The maximum atomic E-state index is 12.9. The minimum absolute atomic E-state index is 0.140. The largest absolute Gasteiger partial charge is 0.486 e. The lowest BCUT2D eigenvalue weighted by atomic mass is 10.3. The molecule has 2 heterocycles. The van der Waals surface area contributed by atoms with Crippen LogP contribution in [0.25, 0.3) is 0 Å². The third-order valence-electron chi connectivity index (χ3n) is 3.62. The standard InChI is InChI=1S/C19H16BrFN2O3/c1-2-23(18-10-3-13(20)11-22-18)19(24)17-9-8-16(26-17)12-25-15-6-4-14(21)5-7-15/h3-11H,2,12H2,1H3. The number of hydrogen-bond acceptors (Lipinski definition) is 4. The first kappa shape index (κ1) is 18.1. The van der Waals surface area contributed by atoms with Crippen LogP contribution in [0.4, 0.5) is 10.2 Å². The number of rotatable bonds is 6. The van der Waals surface area contributed by atoms with E-state index in [4.69, 9.17) is 9.15 Å². The van der Waals surface area contributed by atoms with Crippen LogP contribution in [0.3, 0.4) is 0 Å². The summed E-state index contributed by atoms with van der Waals surface area (Å²) in [5, 5.41) is 0. The summed E-state index contributed by atoms with van der Waals surface area (Å²) in [5.41, 5.74) is 0. The summed E-state index contributed by atoms with van der Waals surface area (Å²) >= 11 is 3.32. The maximum absolute atomic E-state index is 12.9. The lowest BCUT2D eigenvalue weighted by molar-refractivity contribution is 0.0957. The van der Waals surface area contributed by atoms with E-state index in [0.717, 1.165) is 4.47 Å². The van der Waals surface area contributed by atoms with Crippen molar-refractivity contribution in [3.05, 3.63) is 76.5 Å². The third kappa shape index (κ3) is 4.29. The lowest BCUT2D eigenvalue weighted by Gasteiger charge is -2.18. The van der Waals surface area contributed by atoms with E-state index in [0.29, 0.717) is 23.9 Å². The molecule has 0 bridgehead atoms. The smallest absolute Gasteiger partial charge is 0.295 e. The second kappa shape index (κ2) is 8.14. The molecule has 0 aliphatic carbocycles. The van der Waals surface area contributed by atoms with Crippen LogP contribution in [0.2, 0.25) is 0 Å². The molecule has 1 amide bonds. The highest BCUT2D eigenvalue weighted by Crippen LogP contribution is 2.20. The molecule has 26 heavy (non-hydrogen) atoms. The van der Waals surface area contributed by atoms with Crippen LogP contribution in [0.15, 0.2) is 63.6 Å². The molecule has 134 valence electrons. The van der Waals surface area contributed by atoms with Gasteiger partial charge in [0.15, 0.2) is 5.76 Å². The number of carbonyl (C=O) groups is 1. The van der Waals surface area contributed by atoms with Crippen LogP contribution in [0.5, 0.6) is 5.75 Å². The number of furan rings is 1. The van der Waals surface area contributed by atoms with Gasteiger partial charge in [0, 0.05) is 17.2 Å². The zero-order chi connectivity index (χ0) is 18.5. The van der Waals surface area contributed by atoms with Crippen LogP contribution >= 0.6 is 15.9 Å². The van der Waals surface area contributed by atoms with E-state index in [1.54, 1.807) is 24.4 Å². The fourth-order valence-electron chi connectivity index (χ4n) is 2.33. The number of amides is 1. The normalized spacial score (nSPS) is 10.6. The molecule has 0 atom stereocenters. The van der Waals surface area contributed by atoms with E-state index in [1.165, 1.54) is 29.2 Å². The second-order valence-electron chi connectivity index (χ2n) is 5.39. The van der Waals surface area contributed by atoms with Gasteiger partial charge in [-0.2, -0.15) is 0 Å². The first-order valence-electron chi connectivity index (χ1n) is 7.97. The number of anilines is 1. The van der Waals surface area contributed by atoms with Crippen molar-refractivity contribution in [2.75, 3.05) is 11.4 Å². The quantitative estimate of drug-likeness (QED) is 0.575. The summed E-state index contributed by atoms with van der Waals surface area (Å²) in [4.78, 5) is 18.5. The van der Waals surface area contributed by atoms with Crippen LogP contribution < -0.4 is 9.64 Å². The van der Waals surface area contributed by atoms with Crippen molar-refractivity contribution >= 4 is 27.7 Å². The van der Waals surface area contributed by atoms with Crippen molar-refractivity contribution in [1.82, 2.24) is 4.98 Å². The van der Waals surface area contributed by atoms with Crippen LogP contribution in [0.1, 0.15) is 23.2 Å². The summed E-state index contributed by atoms with van der Waals surface area (Å²) in [5.74, 6) is 1.15. The molecule has 3 rings (SSSR count). The minimum Gasteiger partial charge on any atom is -0.486 e. The van der Waals surface area contributed by atoms with E-state index in [-0.39, 0.29) is 24.1 Å². The van der Waals surface area contributed by atoms with Gasteiger partial charge in [0.25, 0.3) is 5.91 Å². The van der Waals surface area contributed by atoms with E-state index in [9.17, 15) is 9.18 Å². The third-order valence-corrected chi connectivity index (χ3v) is 4.09. The summed E-state index contributed by atoms with van der Waals surface area (Å²) in [6, 6.07) is 12.6. The van der Waals surface area contributed by atoms with Gasteiger partial charge in [-0.05, 0) is 71.4 Å². The molecule has 0 spiro atoms. The van der Waals surface area contributed by atoms with Crippen LogP contribution in [0, 0.1) is 5.82 Å². The van der Waals surface area contributed by atoms with Crippen LogP contribution in [-0.4, -0.2) is 17.4 Å². The Kier molecular flexibility index (Phi) is 5.68. The predicted octanol–water partition coefficient (Wildman–Crippen LogP) is 4.82. The molecule has 0 radical (unpaired) electrons. The molecule has 0 aliphatic rings. The number of ether oxygens (including phenoxy) is 1. The summed E-state index contributed by atoms with van der Waals surface area (Å²) in [7, 11) is 0. The van der Waals surface area contributed by atoms with Crippen molar-refractivity contribution in [1.29, 1.82) is 0 Å². The highest BCUT2D eigenvalue weighted by atomic mass is 79.9. The fraction of sp³-hybridized carbons (Fsp3) is 0.158. The Morgan fingerprint density at radius 1 is 1.19 bits per heavy atom. The topological polar surface area (TPSA) is 55.6 Å². The molecule has 0 aliphatic heterocycles. The molecular weight excluding hydrogens is 403 g/mol. The van der Waals surface area contributed by atoms with Crippen LogP contribution in [-0.2, 0) is 6.61 Å². The zero-order valence-electron chi connectivity index (χ0n) is 14.0. The van der Waals surface area contributed by atoms with E-state index < -0.39 is 0 Å². The zero-order valence-corrected chi connectivity index (χ0v) is 15.6. The molecule has 3 aromatic rings. The Bertz CT molecular complexity index is 879. The average Bonchev–Trinajstić information content (AvgIpc) is 3.12. The number of carbonyl (C=O) groups excluding carboxylic acids is 1. The SMILES string of the molecule is CCN(C(=O)c1ccc(COc2ccc(F)cc2)o1)c1ccc(Br)cn1. The molecule has 0 unspecified atom stereocenters. The van der Waals surface area contributed by atoms with Crippen molar-refractivity contribution < 1.29 is 18.3 Å². The van der Waals surface area contributed by atoms with Crippen molar-refractivity contribution in [3.63, 3.8) is 0 Å². The molecule has 2 aromatic heterocycles. The molecule has 1 aromatic carbocycles. The lowest BCUT2D eigenvalue weighted by Crippen LogP contribution is -2.31. The number of pyridine rings is 1.